The molecule has 2 atom stereocenters. The molecule has 0 amide bonds. The van der Waals surface area contributed by atoms with Crippen LogP contribution in [-0.2, 0) is 26.9 Å². The fraction of sp³-hybridized carbons (Fsp3) is 0.174. The van der Waals surface area contributed by atoms with E-state index in [2.05, 4.69) is 5.09 Å². The largest absolute Gasteiger partial charge is 0.513 e. The lowest BCUT2D eigenvalue weighted by Gasteiger charge is -2.23. The Bertz CT molecular complexity index is 1260. The second-order valence-electron chi connectivity index (χ2n) is 7.37. The summed E-state index contributed by atoms with van der Waals surface area (Å²) in [6.45, 7) is 1.21. The van der Waals surface area contributed by atoms with Crippen LogP contribution in [0.15, 0.2) is 78.9 Å². The van der Waals surface area contributed by atoms with E-state index in [4.69, 9.17) is 13.8 Å². The summed E-state index contributed by atoms with van der Waals surface area (Å²) < 4.78 is 68.5. The molecule has 1 unspecified atom stereocenters. The summed E-state index contributed by atoms with van der Waals surface area (Å²) in [4.78, 5) is 22.8. The van der Waals surface area contributed by atoms with Gasteiger partial charge < -0.3 is 13.8 Å². The number of hydrogen-bond acceptors (Lipinski definition) is 7. The van der Waals surface area contributed by atoms with Gasteiger partial charge in [-0.3, -0.25) is 14.9 Å². The minimum absolute atomic E-state index is 0.00718. The van der Waals surface area contributed by atoms with Crippen molar-refractivity contribution < 1.29 is 41.2 Å². The highest BCUT2D eigenvalue weighted by molar-refractivity contribution is 7.52. The Balaban J connectivity index is 1.86. The van der Waals surface area contributed by atoms with Crippen LogP contribution in [0.4, 0.5) is 18.9 Å². The number of nitrogens with zero attached hydrogens (tertiary/aromatic N) is 1. The molecule has 0 saturated carbocycles. The minimum Gasteiger partial charge on any atom is -0.460 e. The van der Waals surface area contributed by atoms with Crippen molar-refractivity contribution in [3.8, 4) is 11.5 Å². The Kier molecular flexibility index (Phi) is 8.33. The molecule has 0 saturated heterocycles. The van der Waals surface area contributed by atoms with E-state index in [1.165, 1.54) is 31.2 Å². The first-order chi connectivity index (χ1) is 17.0. The molecule has 36 heavy (non-hydrogen) atoms. The van der Waals surface area contributed by atoms with E-state index in [1.807, 2.05) is 0 Å². The van der Waals surface area contributed by atoms with E-state index in [9.17, 15) is 32.6 Å². The van der Waals surface area contributed by atoms with Gasteiger partial charge >= 0.3 is 25.6 Å². The lowest BCUT2D eigenvalue weighted by atomic mass is 10.2. The first kappa shape index (κ1) is 26.7. The van der Waals surface area contributed by atoms with Crippen LogP contribution in [-0.4, -0.2) is 16.9 Å². The third-order valence-corrected chi connectivity index (χ3v) is 6.19. The number of nitrogens with one attached hydrogen (secondary N) is 1. The number of hydrogen-bond donors (Lipinski definition) is 1. The summed E-state index contributed by atoms with van der Waals surface area (Å²) in [5.41, 5.74) is -1.70. The molecule has 0 fully saturated rings. The highest BCUT2D eigenvalue weighted by atomic mass is 31.2. The molecule has 3 aromatic rings. The maximum absolute atomic E-state index is 13.6. The third-order valence-electron chi connectivity index (χ3n) is 4.60. The third kappa shape index (κ3) is 7.30. The molecule has 0 aliphatic carbocycles. The quantitative estimate of drug-likeness (QED) is 0.151. The number of carbonyl (C=O) groups is 1. The van der Waals surface area contributed by atoms with E-state index in [-0.39, 0.29) is 18.4 Å². The van der Waals surface area contributed by atoms with Crippen LogP contribution in [0.25, 0.3) is 0 Å². The number of carbonyl (C=O) groups excluding carboxylic acids is 1. The molecular weight excluding hydrogens is 504 g/mol. The van der Waals surface area contributed by atoms with Crippen molar-refractivity contribution in [3.63, 3.8) is 0 Å². The van der Waals surface area contributed by atoms with Crippen LogP contribution < -0.4 is 14.1 Å². The van der Waals surface area contributed by atoms with Crippen molar-refractivity contribution in [2.75, 3.05) is 0 Å². The van der Waals surface area contributed by atoms with Gasteiger partial charge in [-0.2, -0.15) is 18.3 Å². The highest BCUT2D eigenvalue weighted by Crippen LogP contribution is 2.48. The monoisotopic (exact) mass is 524 g/mol. The van der Waals surface area contributed by atoms with Crippen molar-refractivity contribution in [1.82, 2.24) is 5.09 Å². The van der Waals surface area contributed by atoms with E-state index in [0.717, 1.165) is 0 Å². The summed E-state index contributed by atoms with van der Waals surface area (Å²) in [6.07, 6.45) is -4.86. The standard InChI is InChI=1S/C23H20F3N2O7P/c1-16(22(29)33-15-17-8-4-2-5-9-17)27-36(32,34-19-10-6-3-7-11-19)35-21-13-12-18(23(24,25)26)14-20(21)28(30)31/h2-14,16H,15H2,1H3,(H,27,32)/t16-,36?/m0/s1. The van der Waals surface area contributed by atoms with Gasteiger partial charge in [0, 0.05) is 6.07 Å². The number of halogens is 3. The van der Waals surface area contributed by atoms with E-state index in [1.54, 1.807) is 36.4 Å². The fourth-order valence-corrected chi connectivity index (χ4v) is 4.41. The second kappa shape index (κ2) is 11.2. The van der Waals surface area contributed by atoms with Gasteiger partial charge in [0.1, 0.15) is 18.4 Å². The summed E-state index contributed by atoms with van der Waals surface area (Å²) in [5, 5.41) is 13.8. The fourth-order valence-electron chi connectivity index (χ4n) is 2.88. The van der Waals surface area contributed by atoms with Crippen LogP contribution in [0.5, 0.6) is 11.5 Å². The zero-order chi connectivity index (χ0) is 26.3. The number of benzene rings is 3. The average molecular weight is 524 g/mol. The molecule has 0 radical (unpaired) electrons. The maximum Gasteiger partial charge on any atom is 0.513 e. The topological polar surface area (TPSA) is 117 Å². The zero-order valence-corrected chi connectivity index (χ0v) is 19.6. The Hall–Kier alpha value is -3.89. The normalized spacial score (nSPS) is 13.8. The molecule has 3 aromatic carbocycles. The molecule has 13 heteroatoms. The lowest BCUT2D eigenvalue weighted by molar-refractivity contribution is -0.385. The lowest BCUT2D eigenvalue weighted by Crippen LogP contribution is -2.35. The molecule has 0 aromatic heterocycles. The minimum atomic E-state index is -4.86. The molecule has 1 N–H and O–H groups in total. The Labute approximate surface area is 203 Å². The number of esters is 1. The number of ether oxygens (including phenoxy) is 1. The van der Waals surface area contributed by atoms with Crippen LogP contribution in [0.2, 0.25) is 0 Å². The maximum atomic E-state index is 13.6. The molecule has 0 spiro atoms. The predicted molar refractivity (Wildman–Crippen MR) is 122 cm³/mol. The van der Waals surface area contributed by atoms with Crippen molar-refractivity contribution in [1.29, 1.82) is 0 Å². The Morgan fingerprint density at radius 3 is 2.22 bits per heavy atom. The first-order valence-corrected chi connectivity index (χ1v) is 11.9. The van der Waals surface area contributed by atoms with Crippen LogP contribution >= 0.6 is 7.75 Å². The van der Waals surface area contributed by atoms with E-state index < -0.39 is 47.9 Å². The van der Waals surface area contributed by atoms with Crippen molar-refractivity contribution in [2.24, 2.45) is 0 Å². The van der Waals surface area contributed by atoms with Crippen molar-refractivity contribution in [3.05, 3.63) is 100 Å². The number of para-hydroxylation sites is 1. The Morgan fingerprint density at radius 2 is 1.64 bits per heavy atom. The first-order valence-electron chi connectivity index (χ1n) is 10.3. The van der Waals surface area contributed by atoms with Gasteiger partial charge in [0.05, 0.1) is 10.5 Å². The van der Waals surface area contributed by atoms with Gasteiger partial charge in [-0.15, -0.1) is 0 Å². The second-order valence-corrected chi connectivity index (χ2v) is 8.99. The Morgan fingerprint density at radius 1 is 1.03 bits per heavy atom. The van der Waals surface area contributed by atoms with Crippen LogP contribution in [0.3, 0.4) is 0 Å². The summed E-state index contributed by atoms with van der Waals surface area (Å²) in [6, 6.07) is 16.4. The van der Waals surface area contributed by atoms with E-state index in [0.29, 0.717) is 17.7 Å². The van der Waals surface area contributed by atoms with Gasteiger partial charge in [0.15, 0.2) is 0 Å². The predicted octanol–water partition coefficient (Wildman–Crippen LogP) is 5.90. The number of rotatable bonds is 10. The molecule has 0 heterocycles. The summed E-state index contributed by atoms with van der Waals surface area (Å²) in [7, 11) is -4.63. The molecule has 190 valence electrons. The number of nitro benzene ring substituents is 1. The van der Waals surface area contributed by atoms with Gasteiger partial charge in [-0.05, 0) is 36.8 Å². The molecule has 9 nitrogen and oxygen atoms in total. The van der Waals surface area contributed by atoms with Crippen LogP contribution in [0, 0.1) is 10.1 Å². The number of nitro groups is 1. The van der Waals surface area contributed by atoms with Crippen molar-refractivity contribution >= 4 is 19.4 Å². The number of alkyl halides is 3. The molecule has 0 bridgehead atoms. The van der Waals surface area contributed by atoms with Gasteiger partial charge in [-0.25, -0.2) is 4.57 Å². The van der Waals surface area contributed by atoms with E-state index >= 15 is 0 Å². The molecular formula is C23H20F3N2O7P. The van der Waals surface area contributed by atoms with Gasteiger partial charge in [0.25, 0.3) is 0 Å². The van der Waals surface area contributed by atoms with Gasteiger partial charge in [0.2, 0.25) is 5.75 Å². The summed E-state index contributed by atoms with van der Waals surface area (Å²) >= 11 is 0. The van der Waals surface area contributed by atoms with Crippen LogP contribution in [0.1, 0.15) is 18.1 Å². The highest BCUT2D eigenvalue weighted by Gasteiger charge is 2.38. The average Bonchev–Trinajstić information content (AvgIpc) is 2.83. The molecule has 3 rings (SSSR count). The molecule has 0 aliphatic heterocycles. The zero-order valence-electron chi connectivity index (χ0n) is 18.7. The summed E-state index contributed by atoms with van der Waals surface area (Å²) in [5.74, 6) is -1.60. The molecule has 0 aliphatic rings. The van der Waals surface area contributed by atoms with Crippen molar-refractivity contribution in [2.45, 2.75) is 25.7 Å². The SMILES string of the molecule is C[C@H](NP(=O)(Oc1ccccc1)Oc1ccc(C(F)(F)F)cc1[N+](=O)[O-])C(=O)OCc1ccccc1. The van der Waals surface area contributed by atoms with Gasteiger partial charge in [-0.1, -0.05) is 48.5 Å². The smallest absolute Gasteiger partial charge is 0.460 e.